The molecular weight excluding hydrogens is 302 g/mol. The van der Waals surface area contributed by atoms with Crippen LogP contribution in [0.25, 0.3) is 10.8 Å². The number of methoxy groups -OCH3 is 1. The van der Waals surface area contributed by atoms with Crippen LogP contribution in [0.1, 0.15) is 11.1 Å². The number of hydrogen-bond acceptors (Lipinski definition) is 3. The maximum atomic E-state index is 5.56. The van der Waals surface area contributed by atoms with Crippen molar-refractivity contribution in [3.8, 4) is 17.2 Å². The second kappa shape index (κ2) is 6.42. The first kappa shape index (κ1) is 14.8. The van der Waals surface area contributed by atoms with Crippen molar-refractivity contribution < 1.29 is 19.5 Å². The Hall–Kier alpha value is -2.72. The SMILES string of the molecule is COc1ccc2ccccc2c1C[NH2+]Cc1ccc2c(c1)OCO2. The number of hydrogen-bond donors (Lipinski definition) is 1. The van der Waals surface area contributed by atoms with Gasteiger partial charge in [0.1, 0.15) is 18.8 Å². The van der Waals surface area contributed by atoms with Gasteiger partial charge < -0.3 is 19.5 Å². The number of rotatable bonds is 5. The summed E-state index contributed by atoms with van der Waals surface area (Å²) in [5.74, 6) is 2.61. The Morgan fingerprint density at radius 3 is 2.75 bits per heavy atom. The van der Waals surface area contributed by atoms with Crippen LogP contribution in [-0.2, 0) is 13.1 Å². The highest BCUT2D eigenvalue weighted by Crippen LogP contribution is 2.32. The number of ether oxygens (including phenoxy) is 3. The van der Waals surface area contributed by atoms with Crippen LogP contribution in [0.2, 0.25) is 0 Å². The van der Waals surface area contributed by atoms with Gasteiger partial charge in [-0.05, 0) is 35.0 Å². The average Bonchev–Trinajstić information content (AvgIpc) is 3.09. The zero-order valence-corrected chi connectivity index (χ0v) is 13.6. The summed E-state index contributed by atoms with van der Waals surface area (Å²) in [6.07, 6.45) is 0. The van der Waals surface area contributed by atoms with Crippen LogP contribution in [0.4, 0.5) is 0 Å². The fourth-order valence-corrected chi connectivity index (χ4v) is 3.17. The summed E-state index contributed by atoms with van der Waals surface area (Å²) in [6.45, 7) is 2.05. The molecule has 2 N–H and O–H groups in total. The van der Waals surface area contributed by atoms with Gasteiger partial charge >= 0.3 is 0 Å². The lowest BCUT2D eigenvalue weighted by molar-refractivity contribution is -0.686. The van der Waals surface area contributed by atoms with E-state index in [4.69, 9.17) is 14.2 Å². The molecule has 3 aromatic carbocycles. The van der Waals surface area contributed by atoms with E-state index >= 15 is 0 Å². The van der Waals surface area contributed by atoms with Crippen molar-refractivity contribution in [2.24, 2.45) is 0 Å². The molecular formula is C20H20NO3+. The van der Waals surface area contributed by atoms with E-state index in [2.05, 4.69) is 47.8 Å². The Labute approximate surface area is 141 Å². The van der Waals surface area contributed by atoms with Gasteiger partial charge in [0.15, 0.2) is 11.5 Å². The number of quaternary nitrogens is 1. The Balaban J connectivity index is 1.52. The molecule has 0 spiro atoms. The Morgan fingerprint density at radius 2 is 1.83 bits per heavy atom. The molecule has 122 valence electrons. The maximum absolute atomic E-state index is 5.56. The summed E-state index contributed by atoms with van der Waals surface area (Å²) in [5.41, 5.74) is 2.45. The molecule has 4 rings (SSSR count). The summed E-state index contributed by atoms with van der Waals surface area (Å²) >= 11 is 0. The highest BCUT2D eigenvalue weighted by molar-refractivity contribution is 5.87. The maximum Gasteiger partial charge on any atom is 0.231 e. The van der Waals surface area contributed by atoms with Crippen LogP contribution < -0.4 is 19.5 Å². The predicted octanol–water partition coefficient (Wildman–Crippen LogP) is 2.84. The molecule has 0 bridgehead atoms. The van der Waals surface area contributed by atoms with Gasteiger partial charge in [-0.1, -0.05) is 30.3 Å². The molecule has 3 aromatic rings. The van der Waals surface area contributed by atoms with E-state index in [-0.39, 0.29) is 0 Å². The average molecular weight is 322 g/mol. The molecule has 0 fully saturated rings. The van der Waals surface area contributed by atoms with Gasteiger partial charge in [0, 0.05) is 5.56 Å². The van der Waals surface area contributed by atoms with Gasteiger partial charge in [0.25, 0.3) is 0 Å². The number of nitrogens with two attached hydrogens (primary N) is 1. The van der Waals surface area contributed by atoms with Crippen molar-refractivity contribution in [2.45, 2.75) is 13.1 Å². The summed E-state index contributed by atoms with van der Waals surface area (Å²) in [7, 11) is 1.73. The zero-order valence-electron chi connectivity index (χ0n) is 13.6. The zero-order chi connectivity index (χ0) is 16.4. The van der Waals surface area contributed by atoms with Crippen LogP contribution in [-0.4, -0.2) is 13.9 Å². The van der Waals surface area contributed by atoms with Gasteiger partial charge in [-0.3, -0.25) is 0 Å². The monoisotopic (exact) mass is 322 g/mol. The molecule has 1 aliphatic heterocycles. The molecule has 0 atom stereocenters. The molecule has 0 amide bonds. The minimum atomic E-state index is 0.315. The van der Waals surface area contributed by atoms with E-state index in [1.165, 1.54) is 21.9 Å². The smallest absolute Gasteiger partial charge is 0.231 e. The molecule has 0 aromatic heterocycles. The van der Waals surface area contributed by atoms with E-state index in [1.54, 1.807) is 7.11 Å². The third-order valence-electron chi connectivity index (χ3n) is 4.38. The Kier molecular flexibility index (Phi) is 3.97. The van der Waals surface area contributed by atoms with Gasteiger partial charge in [-0.15, -0.1) is 0 Å². The van der Waals surface area contributed by atoms with Crippen LogP contribution in [0.5, 0.6) is 17.2 Å². The minimum Gasteiger partial charge on any atom is -0.496 e. The fraction of sp³-hybridized carbons (Fsp3) is 0.200. The largest absolute Gasteiger partial charge is 0.496 e. The highest BCUT2D eigenvalue weighted by atomic mass is 16.7. The van der Waals surface area contributed by atoms with Crippen LogP contribution in [0.3, 0.4) is 0 Å². The van der Waals surface area contributed by atoms with E-state index < -0.39 is 0 Å². The molecule has 24 heavy (non-hydrogen) atoms. The third-order valence-corrected chi connectivity index (χ3v) is 4.38. The quantitative estimate of drug-likeness (QED) is 0.785. The molecule has 0 aliphatic carbocycles. The Morgan fingerprint density at radius 1 is 0.958 bits per heavy atom. The fourth-order valence-electron chi connectivity index (χ4n) is 3.17. The molecule has 4 heteroatoms. The second-order valence-electron chi connectivity index (χ2n) is 5.85. The van der Waals surface area contributed by atoms with Crippen molar-refractivity contribution >= 4 is 10.8 Å². The molecule has 0 radical (unpaired) electrons. The minimum absolute atomic E-state index is 0.315. The van der Waals surface area contributed by atoms with Gasteiger partial charge in [-0.2, -0.15) is 0 Å². The standard InChI is InChI=1S/C20H19NO3/c1-22-18-9-7-15-4-2-3-5-16(15)17(18)12-21-11-14-6-8-19-20(10-14)24-13-23-19/h2-10,21H,11-13H2,1H3/p+1. The molecule has 0 unspecified atom stereocenters. The van der Waals surface area contributed by atoms with Crippen molar-refractivity contribution in [1.82, 2.24) is 0 Å². The van der Waals surface area contributed by atoms with E-state index in [1.807, 2.05) is 12.1 Å². The van der Waals surface area contributed by atoms with Gasteiger partial charge in [0.2, 0.25) is 6.79 Å². The molecule has 1 aliphatic rings. The highest BCUT2D eigenvalue weighted by Gasteiger charge is 2.14. The molecule has 4 nitrogen and oxygen atoms in total. The van der Waals surface area contributed by atoms with Gasteiger partial charge in [-0.25, -0.2) is 0 Å². The number of benzene rings is 3. The lowest BCUT2D eigenvalue weighted by atomic mass is 10.0. The van der Waals surface area contributed by atoms with E-state index in [0.717, 1.165) is 30.3 Å². The van der Waals surface area contributed by atoms with Crippen LogP contribution >= 0.6 is 0 Å². The summed E-state index contributed by atoms with van der Waals surface area (Å²) in [6, 6.07) is 18.7. The number of fused-ring (bicyclic) bond motifs is 2. The molecule has 0 saturated carbocycles. The van der Waals surface area contributed by atoms with E-state index in [0.29, 0.717) is 6.79 Å². The topological polar surface area (TPSA) is 44.3 Å². The third kappa shape index (κ3) is 2.76. The summed E-state index contributed by atoms with van der Waals surface area (Å²) in [4.78, 5) is 0. The summed E-state index contributed by atoms with van der Waals surface area (Å²) < 4.78 is 16.4. The van der Waals surface area contributed by atoms with Crippen molar-refractivity contribution in [3.05, 3.63) is 65.7 Å². The first-order chi connectivity index (χ1) is 11.8. The van der Waals surface area contributed by atoms with E-state index in [9.17, 15) is 0 Å². The molecule has 0 saturated heterocycles. The van der Waals surface area contributed by atoms with Crippen LogP contribution in [0, 0.1) is 0 Å². The van der Waals surface area contributed by atoms with Crippen LogP contribution in [0.15, 0.2) is 54.6 Å². The first-order valence-corrected chi connectivity index (χ1v) is 8.10. The summed E-state index contributed by atoms with van der Waals surface area (Å²) in [5, 5.41) is 4.77. The lowest BCUT2D eigenvalue weighted by Gasteiger charge is -2.11. The van der Waals surface area contributed by atoms with Gasteiger partial charge in [0.05, 0.1) is 12.7 Å². The normalized spacial score (nSPS) is 12.5. The van der Waals surface area contributed by atoms with Crippen molar-refractivity contribution in [2.75, 3.05) is 13.9 Å². The van der Waals surface area contributed by atoms with Crippen molar-refractivity contribution in [1.29, 1.82) is 0 Å². The second-order valence-corrected chi connectivity index (χ2v) is 5.85. The Bertz CT molecular complexity index is 876. The van der Waals surface area contributed by atoms with Crippen molar-refractivity contribution in [3.63, 3.8) is 0 Å². The first-order valence-electron chi connectivity index (χ1n) is 8.10. The molecule has 1 heterocycles. The lowest BCUT2D eigenvalue weighted by Crippen LogP contribution is -2.80. The predicted molar refractivity (Wildman–Crippen MR) is 92.4 cm³/mol.